The molecule has 0 saturated heterocycles. The lowest BCUT2D eigenvalue weighted by atomic mass is 10.4. The predicted molar refractivity (Wildman–Crippen MR) is 33.6 cm³/mol. The summed E-state index contributed by atoms with van der Waals surface area (Å²) in [4.78, 5) is 19.5. The normalized spacial score (nSPS) is 11.9. The van der Waals surface area contributed by atoms with Crippen LogP contribution in [0.4, 0.5) is 4.39 Å². The van der Waals surface area contributed by atoms with Crippen LogP contribution in [0, 0.1) is 0 Å². The Hall–Kier alpha value is -1.65. The summed E-state index contributed by atoms with van der Waals surface area (Å²) >= 11 is 0. The highest BCUT2D eigenvalue weighted by Crippen LogP contribution is 1.95. The maximum absolute atomic E-state index is 12.0. The van der Waals surface area contributed by atoms with Crippen LogP contribution in [0.1, 0.15) is 0 Å². The molecule has 0 fully saturated rings. The molecule has 0 amide bonds. The number of hydrogen-bond acceptors (Lipinski definition) is 2. The quantitative estimate of drug-likeness (QED) is 0.467. The van der Waals surface area contributed by atoms with Crippen molar-refractivity contribution in [2.24, 2.45) is 0 Å². The van der Waals surface area contributed by atoms with Crippen LogP contribution in [0.15, 0.2) is 24.1 Å². The topological polar surface area (TPSA) is 74.6 Å². The molecule has 0 spiro atoms. The molecule has 0 aromatic rings. The van der Waals surface area contributed by atoms with Crippen molar-refractivity contribution < 1.29 is 24.2 Å². The molecule has 0 radical (unpaired) electrons. The lowest BCUT2D eigenvalue weighted by Gasteiger charge is -1.82. The van der Waals surface area contributed by atoms with Crippen LogP contribution in [0.2, 0.25) is 0 Å². The van der Waals surface area contributed by atoms with Crippen molar-refractivity contribution >= 4 is 11.9 Å². The van der Waals surface area contributed by atoms with E-state index in [2.05, 4.69) is 0 Å². The number of rotatable bonds is 3. The van der Waals surface area contributed by atoms with Gasteiger partial charge in [-0.25, -0.2) is 9.59 Å². The summed E-state index contributed by atoms with van der Waals surface area (Å²) in [5.74, 6) is -4.39. The lowest BCUT2D eigenvalue weighted by Crippen LogP contribution is -1.93. The standard InChI is InChI=1S/C6H5FO4/c7-4(6(10)11)2-1-3-5(8)9/h1-3H,(H,8,9)(H,10,11)/b3-1-,4-2-. The summed E-state index contributed by atoms with van der Waals surface area (Å²) in [5.41, 5.74) is 0. The number of halogens is 1. The van der Waals surface area contributed by atoms with Gasteiger partial charge in [0.15, 0.2) is 0 Å². The number of allylic oxidation sites excluding steroid dienone is 2. The Labute approximate surface area is 61.3 Å². The fourth-order valence-electron chi connectivity index (χ4n) is 0.286. The van der Waals surface area contributed by atoms with E-state index >= 15 is 0 Å². The van der Waals surface area contributed by atoms with Gasteiger partial charge in [-0.05, 0) is 6.08 Å². The van der Waals surface area contributed by atoms with Crippen molar-refractivity contribution in [2.75, 3.05) is 0 Å². The van der Waals surface area contributed by atoms with Gasteiger partial charge in [-0.1, -0.05) is 6.08 Å². The van der Waals surface area contributed by atoms with Crippen LogP contribution in [-0.2, 0) is 9.59 Å². The summed E-state index contributed by atoms with van der Waals surface area (Å²) in [6.07, 6.45) is 1.98. The largest absolute Gasteiger partial charge is 0.478 e. The first kappa shape index (κ1) is 9.35. The summed E-state index contributed by atoms with van der Waals surface area (Å²) < 4.78 is 12.0. The molecule has 0 unspecified atom stereocenters. The zero-order chi connectivity index (χ0) is 8.85. The van der Waals surface area contributed by atoms with Gasteiger partial charge in [0, 0.05) is 6.08 Å². The summed E-state index contributed by atoms with van der Waals surface area (Å²) in [5, 5.41) is 15.9. The van der Waals surface area contributed by atoms with Crippen molar-refractivity contribution in [3.8, 4) is 0 Å². The van der Waals surface area contributed by atoms with E-state index in [1.165, 1.54) is 0 Å². The van der Waals surface area contributed by atoms with Crippen molar-refractivity contribution in [2.45, 2.75) is 0 Å². The van der Waals surface area contributed by atoms with Gasteiger partial charge in [0.25, 0.3) is 0 Å². The van der Waals surface area contributed by atoms with E-state index < -0.39 is 17.8 Å². The average molecular weight is 160 g/mol. The van der Waals surface area contributed by atoms with Gasteiger partial charge >= 0.3 is 11.9 Å². The molecule has 4 nitrogen and oxygen atoms in total. The highest BCUT2D eigenvalue weighted by molar-refractivity contribution is 5.85. The first-order chi connectivity index (χ1) is 5.04. The van der Waals surface area contributed by atoms with E-state index in [1.54, 1.807) is 0 Å². The Bertz CT molecular complexity index is 229. The van der Waals surface area contributed by atoms with Crippen LogP contribution in [0.5, 0.6) is 0 Å². The van der Waals surface area contributed by atoms with Crippen LogP contribution >= 0.6 is 0 Å². The van der Waals surface area contributed by atoms with E-state index in [9.17, 15) is 14.0 Å². The molecule has 2 N–H and O–H groups in total. The third kappa shape index (κ3) is 4.83. The minimum Gasteiger partial charge on any atom is -0.478 e. The Balaban J connectivity index is 4.13. The Morgan fingerprint density at radius 2 is 1.82 bits per heavy atom. The maximum Gasteiger partial charge on any atom is 0.364 e. The van der Waals surface area contributed by atoms with Crippen LogP contribution in [0.3, 0.4) is 0 Å². The molecule has 0 atom stereocenters. The van der Waals surface area contributed by atoms with Gasteiger partial charge in [-0.2, -0.15) is 4.39 Å². The summed E-state index contributed by atoms with van der Waals surface area (Å²) in [6, 6.07) is 0. The van der Waals surface area contributed by atoms with E-state index in [-0.39, 0.29) is 0 Å². The Morgan fingerprint density at radius 1 is 1.27 bits per heavy atom. The molecule has 0 aromatic heterocycles. The molecule has 0 rings (SSSR count). The smallest absolute Gasteiger partial charge is 0.364 e. The highest BCUT2D eigenvalue weighted by Gasteiger charge is 2.01. The van der Waals surface area contributed by atoms with Crippen molar-refractivity contribution in [3.05, 3.63) is 24.1 Å². The van der Waals surface area contributed by atoms with Gasteiger partial charge in [0.1, 0.15) is 0 Å². The number of aliphatic carboxylic acids is 2. The minimum atomic E-state index is -1.72. The third-order valence-electron chi connectivity index (χ3n) is 0.686. The number of carboxylic acids is 2. The fraction of sp³-hybridized carbons (Fsp3) is 0. The van der Waals surface area contributed by atoms with Crippen LogP contribution in [-0.4, -0.2) is 22.2 Å². The minimum absolute atomic E-state index is 0.552. The second-order valence-corrected chi connectivity index (χ2v) is 1.52. The zero-order valence-corrected chi connectivity index (χ0v) is 5.32. The van der Waals surface area contributed by atoms with Gasteiger partial charge in [-0.15, -0.1) is 0 Å². The predicted octanol–water partition coefficient (Wildman–Crippen LogP) is 0.565. The molecular formula is C6H5FO4. The molecule has 60 valence electrons. The van der Waals surface area contributed by atoms with E-state index in [4.69, 9.17) is 10.2 Å². The SMILES string of the molecule is O=C(O)/C=C\C=C(/F)C(=O)O. The van der Waals surface area contributed by atoms with Gasteiger partial charge < -0.3 is 10.2 Å². The molecule has 0 aliphatic heterocycles. The fourth-order valence-corrected chi connectivity index (χ4v) is 0.286. The van der Waals surface area contributed by atoms with Crippen LogP contribution in [0.25, 0.3) is 0 Å². The molecule has 11 heavy (non-hydrogen) atoms. The van der Waals surface area contributed by atoms with E-state index in [1.807, 2.05) is 0 Å². The number of carboxylic acid groups (broad SMARTS) is 2. The zero-order valence-electron chi connectivity index (χ0n) is 5.32. The van der Waals surface area contributed by atoms with Crippen molar-refractivity contribution in [3.63, 3.8) is 0 Å². The van der Waals surface area contributed by atoms with Crippen molar-refractivity contribution in [1.82, 2.24) is 0 Å². The van der Waals surface area contributed by atoms with E-state index in [0.717, 1.165) is 6.08 Å². The highest BCUT2D eigenvalue weighted by atomic mass is 19.1. The molecule has 0 aliphatic rings. The molecule has 0 aromatic carbocycles. The van der Waals surface area contributed by atoms with Crippen molar-refractivity contribution in [1.29, 1.82) is 0 Å². The van der Waals surface area contributed by atoms with Gasteiger partial charge in [0.05, 0.1) is 0 Å². The van der Waals surface area contributed by atoms with Gasteiger partial charge in [-0.3, -0.25) is 0 Å². The molecule has 0 heterocycles. The monoisotopic (exact) mass is 160 g/mol. The third-order valence-corrected chi connectivity index (χ3v) is 0.686. The molecule has 0 saturated carbocycles. The first-order valence-electron chi connectivity index (χ1n) is 2.54. The average Bonchev–Trinajstić information content (AvgIpc) is 1.86. The Morgan fingerprint density at radius 3 is 2.18 bits per heavy atom. The molecule has 5 heteroatoms. The molecule has 0 bridgehead atoms. The van der Waals surface area contributed by atoms with E-state index in [0.29, 0.717) is 12.2 Å². The second-order valence-electron chi connectivity index (χ2n) is 1.52. The summed E-state index contributed by atoms with van der Waals surface area (Å²) in [6.45, 7) is 0. The van der Waals surface area contributed by atoms with Gasteiger partial charge in [0.2, 0.25) is 5.83 Å². The molecular weight excluding hydrogens is 155 g/mol. The number of hydrogen-bond donors (Lipinski definition) is 2. The lowest BCUT2D eigenvalue weighted by molar-refractivity contribution is -0.134. The first-order valence-corrected chi connectivity index (χ1v) is 2.54. The second kappa shape index (κ2) is 4.21. The maximum atomic E-state index is 12.0. The number of carbonyl (C=O) groups is 2. The van der Waals surface area contributed by atoms with Crippen LogP contribution < -0.4 is 0 Å². The summed E-state index contributed by atoms with van der Waals surface area (Å²) in [7, 11) is 0. The molecule has 0 aliphatic carbocycles. The Kier molecular flexibility index (Phi) is 3.58.